The molecule has 190 valence electrons. The zero-order chi connectivity index (χ0) is 25.9. The SMILES string of the molecule is CC[C@H](O)COc1cc(-c2ccc(N3CCN(C(=O)OC(C)(C)C)CC3)nc2)c2c(C#N)cnn2c1. The highest BCUT2D eigenvalue weighted by Crippen LogP contribution is 2.31. The van der Waals surface area contributed by atoms with Gasteiger partial charge >= 0.3 is 6.09 Å². The Balaban J connectivity index is 1.53. The van der Waals surface area contributed by atoms with Crippen LogP contribution >= 0.6 is 0 Å². The van der Waals surface area contributed by atoms with Crippen LogP contribution in [0.3, 0.4) is 0 Å². The average Bonchev–Trinajstić information content (AvgIpc) is 3.29. The maximum Gasteiger partial charge on any atom is 0.410 e. The van der Waals surface area contributed by atoms with Gasteiger partial charge in [-0.05, 0) is 45.4 Å². The number of ether oxygens (including phenoxy) is 2. The van der Waals surface area contributed by atoms with Crippen molar-refractivity contribution in [2.24, 2.45) is 0 Å². The molecule has 0 unspecified atom stereocenters. The van der Waals surface area contributed by atoms with Gasteiger partial charge in [-0.25, -0.2) is 14.3 Å². The molecule has 3 aromatic heterocycles. The Morgan fingerprint density at radius 3 is 2.58 bits per heavy atom. The Hall–Kier alpha value is -3.84. The number of aliphatic hydroxyl groups excluding tert-OH is 1. The van der Waals surface area contributed by atoms with Gasteiger partial charge in [-0.1, -0.05) is 6.92 Å². The quantitative estimate of drug-likeness (QED) is 0.556. The summed E-state index contributed by atoms with van der Waals surface area (Å²) in [4.78, 5) is 20.9. The predicted octanol–water partition coefficient (Wildman–Crippen LogP) is 3.47. The van der Waals surface area contributed by atoms with Crippen LogP contribution in [0.15, 0.2) is 36.8 Å². The number of fused-ring (bicyclic) bond motifs is 1. The first-order chi connectivity index (χ1) is 17.2. The number of nitrogens with zero attached hydrogens (tertiary/aromatic N) is 6. The van der Waals surface area contributed by atoms with Crippen molar-refractivity contribution in [3.8, 4) is 22.9 Å². The zero-order valence-electron chi connectivity index (χ0n) is 21.1. The van der Waals surface area contributed by atoms with Crippen LogP contribution in [0.1, 0.15) is 39.7 Å². The van der Waals surface area contributed by atoms with Gasteiger partial charge in [-0.15, -0.1) is 0 Å². The fraction of sp³-hybridized carbons (Fsp3) is 0.462. The van der Waals surface area contributed by atoms with Crippen LogP contribution in [0.25, 0.3) is 16.6 Å². The lowest BCUT2D eigenvalue weighted by Gasteiger charge is -2.36. The first-order valence-electron chi connectivity index (χ1n) is 12.1. The smallest absolute Gasteiger partial charge is 0.410 e. The summed E-state index contributed by atoms with van der Waals surface area (Å²) in [5.41, 5.74) is 2.18. The highest BCUT2D eigenvalue weighted by Gasteiger charge is 2.26. The van der Waals surface area contributed by atoms with Crippen LogP contribution in [0.2, 0.25) is 0 Å². The summed E-state index contributed by atoms with van der Waals surface area (Å²) in [6.07, 6.45) is 4.73. The molecule has 10 nitrogen and oxygen atoms in total. The summed E-state index contributed by atoms with van der Waals surface area (Å²) in [5, 5.41) is 23.8. The normalized spacial score (nSPS) is 15.0. The second kappa shape index (κ2) is 10.4. The maximum absolute atomic E-state index is 12.3. The third-order valence-electron chi connectivity index (χ3n) is 5.94. The average molecular weight is 493 g/mol. The number of amides is 1. The second-order valence-corrected chi connectivity index (χ2v) is 9.79. The number of pyridine rings is 2. The van der Waals surface area contributed by atoms with E-state index in [1.807, 2.05) is 45.9 Å². The molecule has 10 heteroatoms. The molecule has 1 saturated heterocycles. The minimum absolute atomic E-state index is 0.167. The van der Waals surface area contributed by atoms with Gasteiger partial charge in [0.15, 0.2) is 0 Å². The molecule has 4 heterocycles. The van der Waals surface area contributed by atoms with Gasteiger partial charge in [0.1, 0.15) is 29.8 Å². The predicted molar refractivity (Wildman–Crippen MR) is 135 cm³/mol. The highest BCUT2D eigenvalue weighted by atomic mass is 16.6. The Labute approximate surface area is 210 Å². The van der Waals surface area contributed by atoms with E-state index in [1.54, 1.807) is 21.8 Å². The minimum Gasteiger partial charge on any atom is -0.489 e. The molecule has 1 atom stereocenters. The van der Waals surface area contributed by atoms with E-state index < -0.39 is 11.7 Å². The van der Waals surface area contributed by atoms with Gasteiger partial charge in [0.25, 0.3) is 0 Å². The number of piperazine rings is 1. The molecule has 0 bridgehead atoms. The van der Waals surface area contributed by atoms with Crippen molar-refractivity contribution >= 4 is 17.4 Å². The fourth-order valence-electron chi connectivity index (χ4n) is 3.97. The lowest BCUT2D eigenvalue weighted by Crippen LogP contribution is -2.50. The van der Waals surface area contributed by atoms with Gasteiger partial charge in [0.05, 0.1) is 29.6 Å². The Kier molecular flexibility index (Phi) is 7.31. The molecule has 36 heavy (non-hydrogen) atoms. The van der Waals surface area contributed by atoms with Crippen LogP contribution in [-0.4, -0.2) is 75.2 Å². The van der Waals surface area contributed by atoms with E-state index in [9.17, 15) is 15.2 Å². The number of anilines is 1. The molecule has 0 radical (unpaired) electrons. The van der Waals surface area contributed by atoms with Gasteiger partial charge in [0, 0.05) is 43.5 Å². The van der Waals surface area contributed by atoms with Crippen LogP contribution in [0, 0.1) is 11.3 Å². The monoisotopic (exact) mass is 492 g/mol. The van der Waals surface area contributed by atoms with Crippen molar-refractivity contribution < 1.29 is 19.4 Å². The third kappa shape index (κ3) is 5.69. The number of aliphatic hydroxyl groups is 1. The van der Waals surface area contributed by atoms with Crippen molar-refractivity contribution in [3.63, 3.8) is 0 Å². The molecule has 3 aromatic rings. The molecule has 0 spiro atoms. The van der Waals surface area contributed by atoms with Gasteiger partial charge in [0.2, 0.25) is 0 Å². The van der Waals surface area contributed by atoms with E-state index in [0.29, 0.717) is 49.4 Å². The molecule has 1 N–H and O–H groups in total. The summed E-state index contributed by atoms with van der Waals surface area (Å²) in [5.74, 6) is 1.35. The molecule has 1 aliphatic rings. The second-order valence-electron chi connectivity index (χ2n) is 9.79. The van der Waals surface area contributed by atoms with Crippen LogP contribution < -0.4 is 9.64 Å². The molecule has 1 fully saturated rings. The van der Waals surface area contributed by atoms with E-state index in [4.69, 9.17) is 9.47 Å². The Morgan fingerprint density at radius 1 is 1.22 bits per heavy atom. The minimum atomic E-state index is -0.562. The molecular formula is C26H32N6O4. The summed E-state index contributed by atoms with van der Waals surface area (Å²) >= 11 is 0. The molecule has 0 aromatic carbocycles. The van der Waals surface area contributed by atoms with Crippen LogP contribution in [-0.2, 0) is 4.74 Å². The van der Waals surface area contributed by atoms with E-state index >= 15 is 0 Å². The molecular weight excluding hydrogens is 460 g/mol. The Morgan fingerprint density at radius 2 is 1.97 bits per heavy atom. The molecule has 0 saturated carbocycles. The fourth-order valence-corrected chi connectivity index (χ4v) is 3.97. The summed E-state index contributed by atoms with van der Waals surface area (Å²) in [6, 6.07) is 7.93. The summed E-state index contributed by atoms with van der Waals surface area (Å²) < 4.78 is 12.9. The van der Waals surface area contributed by atoms with E-state index in [2.05, 4.69) is 21.1 Å². The summed E-state index contributed by atoms with van der Waals surface area (Å²) in [7, 11) is 0. The lowest BCUT2D eigenvalue weighted by molar-refractivity contribution is 0.0240. The standard InChI is InChI=1S/C26H32N6O4/c1-5-20(33)17-35-21-12-22(24-19(13-27)15-29-32(24)16-21)18-6-7-23(28-14-18)30-8-10-31(11-9-30)25(34)36-26(2,3)4/h6-7,12,14-16,20,33H,5,8-11,17H2,1-4H3/t20-/m0/s1. The first-order valence-corrected chi connectivity index (χ1v) is 12.1. The van der Waals surface area contributed by atoms with Gasteiger partial charge in [-0.2, -0.15) is 10.4 Å². The Bertz CT molecular complexity index is 1250. The van der Waals surface area contributed by atoms with Crippen molar-refractivity contribution in [2.45, 2.75) is 45.8 Å². The molecule has 1 amide bonds. The molecule has 0 aliphatic carbocycles. The van der Waals surface area contributed by atoms with Crippen molar-refractivity contribution in [2.75, 3.05) is 37.7 Å². The third-order valence-corrected chi connectivity index (χ3v) is 5.94. The molecule has 4 rings (SSSR count). The van der Waals surface area contributed by atoms with Crippen LogP contribution in [0.4, 0.5) is 10.6 Å². The first kappa shape index (κ1) is 25.3. The van der Waals surface area contributed by atoms with Crippen molar-refractivity contribution in [3.05, 3.63) is 42.4 Å². The summed E-state index contributed by atoms with van der Waals surface area (Å²) in [6.45, 7) is 10.1. The maximum atomic E-state index is 12.3. The number of carbonyl (C=O) groups excluding carboxylic acids is 1. The van der Waals surface area contributed by atoms with Gasteiger partial charge in [-0.3, -0.25) is 0 Å². The number of carbonyl (C=O) groups is 1. The number of aromatic nitrogens is 3. The highest BCUT2D eigenvalue weighted by molar-refractivity contribution is 5.85. The number of hydrogen-bond donors (Lipinski definition) is 1. The van der Waals surface area contributed by atoms with E-state index in [0.717, 1.165) is 16.9 Å². The lowest BCUT2D eigenvalue weighted by atomic mass is 10.1. The van der Waals surface area contributed by atoms with Crippen LogP contribution in [0.5, 0.6) is 5.75 Å². The molecule has 1 aliphatic heterocycles. The zero-order valence-corrected chi connectivity index (χ0v) is 21.1. The topological polar surface area (TPSA) is 116 Å². The largest absolute Gasteiger partial charge is 0.489 e. The van der Waals surface area contributed by atoms with E-state index in [1.165, 1.54) is 6.20 Å². The number of hydrogen-bond acceptors (Lipinski definition) is 8. The number of rotatable bonds is 6. The van der Waals surface area contributed by atoms with Crippen molar-refractivity contribution in [1.29, 1.82) is 5.26 Å². The number of nitriles is 1. The van der Waals surface area contributed by atoms with Gasteiger partial charge < -0.3 is 24.4 Å². The van der Waals surface area contributed by atoms with Crippen molar-refractivity contribution in [1.82, 2.24) is 19.5 Å². The van der Waals surface area contributed by atoms with E-state index in [-0.39, 0.29) is 12.7 Å².